The van der Waals surface area contributed by atoms with Crippen molar-refractivity contribution in [3.63, 3.8) is 0 Å². The Hall–Kier alpha value is -1.10. The molecule has 0 fully saturated rings. The standard InChI is InChI=1S/C10H11BrN2O3S/c1-16-4-5-17(14,15)13-10-6-9(11)3-2-8(10)7-12/h2-3,6,13H,4-5H2,1H3. The highest BCUT2D eigenvalue weighted by Crippen LogP contribution is 2.21. The van der Waals surface area contributed by atoms with Gasteiger partial charge in [-0.1, -0.05) is 15.9 Å². The number of nitrogens with one attached hydrogen (secondary N) is 1. The molecule has 5 nitrogen and oxygen atoms in total. The number of rotatable bonds is 5. The lowest BCUT2D eigenvalue weighted by molar-refractivity contribution is 0.217. The van der Waals surface area contributed by atoms with Crippen molar-refractivity contribution >= 4 is 31.6 Å². The molecule has 0 aromatic heterocycles. The Bertz CT molecular complexity index is 537. The predicted octanol–water partition coefficient (Wildman–Crippen LogP) is 1.71. The molecule has 1 aromatic carbocycles. The number of sulfonamides is 1. The van der Waals surface area contributed by atoms with Gasteiger partial charge in [0, 0.05) is 11.6 Å². The van der Waals surface area contributed by atoms with Crippen LogP contribution in [0.15, 0.2) is 22.7 Å². The molecule has 0 aliphatic rings. The average molecular weight is 319 g/mol. The van der Waals surface area contributed by atoms with E-state index in [1.54, 1.807) is 12.1 Å². The quantitative estimate of drug-likeness (QED) is 0.896. The molecule has 0 aliphatic heterocycles. The van der Waals surface area contributed by atoms with E-state index in [1.807, 2.05) is 6.07 Å². The summed E-state index contributed by atoms with van der Waals surface area (Å²) in [6, 6.07) is 6.68. The van der Waals surface area contributed by atoms with Gasteiger partial charge in [0.15, 0.2) is 0 Å². The lowest BCUT2D eigenvalue weighted by Gasteiger charge is -2.09. The number of nitrogens with zero attached hydrogens (tertiary/aromatic N) is 1. The maximum Gasteiger partial charge on any atom is 0.235 e. The van der Waals surface area contributed by atoms with Crippen LogP contribution in [0, 0.1) is 11.3 Å². The summed E-state index contributed by atoms with van der Waals surface area (Å²) in [5.74, 6) is -0.152. The first kappa shape index (κ1) is 14.0. The van der Waals surface area contributed by atoms with Gasteiger partial charge < -0.3 is 4.74 Å². The highest BCUT2D eigenvalue weighted by atomic mass is 79.9. The van der Waals surface area contributed by atoms with Gasteiger partial charge in [0.1, 0.15) is 6.07 Å². The number of ether oxygens (including phenoxy) is 1. The van der Waals surface area contributed by atoms with E-state index >= 15 is 0 Å². The third kappa shape index (κ3) is 4.34. The van der Waals surface area contributed by atoms with Gasteiger partial charge >= 0.3 is 0 Å². The second-order valence-corrected chi connectivity index (χ2v) is 5.97. The van der Waals surface area contributed by atoms with E-state index in [4.69, 9.17) is 10.00 Å². The van der Waals surface area contributed by atoms with Crippen LogP contribution in [0.2, 0.25) is 0 Å². The van der Waals surface area contributed by atoms with Gasteiger partial charge in [0.05, 0.1) is 23.6 Å². The number of hydrogen-bond donors (Lipinski definition) is 1. The first-order chi connectivity index (χ1) is 7.98. The zero-order chi connectivity index (χ0) is 12.9. The number of halogens is 1. The zero-order valence-corrected chi connectivity index (χ0v) is 11.5. The number of benzene rings is 1. The SMILES string of the molecule is COCCS(=O)(=O)Nc1cc(Br)ccc1C#N. The summed E-state index contributed by atoms with van der Waals surface area (Å²) >= 11 is 3.22. The minimum atomic E-state index is -3.49. The van der Waals surface area contributed by atoms with Crippen LogP contribution < -0.4 is 4.72 Å². The normalized spacial score (nSPS) is 10.9. The largest absolute Gasteiger partial charge is 0.384 e. The average Bonchev–Trinajstić information content (AvgIpc) is 2.26. The summed E-state index contributed by atoms with van der Waals surface area (Å²) in [6.07, 6.45) is 0. The Morgan fingerprint density at radius 1 is 1.53 bits per heavy atom. The molecule has 1 rings (SSSR count). The van der Waals surface area contributed by atoms with E-state index in [0.29, 0.717) is 4.47 Å². The van der Waals surface area contributed by atoms with Crippen LogP contribution in [-0.2, 0) is 14.8 Å². The lowest BCUT2D eigenvalue weighted by atomic mass is 10.2. The van der Waals surface area contributed by atoms with Gasteiger partial charge in [-0.05, 0) is 18.2 Å². The summed E-state index contributed by atoms with van der Waals surface area (Å²) in [6.45, 7) is 0.102. The van der Waals surface area contributed by atoms with Crippen molar-refractivity contribution in [3.05, 3.63) is 28.2 Å². The minimum absolute atomic E-state index is 0.102. The van der Waals surface area contributed by atoms with E-state index in [9.17, 15) is 8.42 Å². The molecule has 0 amide bonds. The van der Waals surface area contributed by atoms with Crippen molar-refractivity contribution in [2.45, 2.75) is 0 Å². The number of methoxy groups -OCH3 is 1. The van der Waals surface area contributed by atoms with Crippen LogP contribution >= 0.6 is 15.9 Å². The first-order valence-electron chi connectivity index (χ1n) is 4.67. The van der Waals surface area contributed by atoms with E-state index in [2.05, 4.69) is 20.7 Å². The van der Waals surface area contributed by atoms with Crippen molar-refractivity contribution in [1.29, 1.82) is 5.26 Å². The van der Waals surface area contributed by atoms with E-state index in [0.717, 1.165) is 0 Å². The summed E-state index contributed by atoms with van der Waals surface area (Å²) in [5.41, 5.74) is 0.534. The lowest BCUT2D eigenvalue weighted by Crippen LogP contribution is -2.20. The van der Waals surface area contributed by atoms with Crippen LogP contribution in [0.3, 0.4) is 0 Å². The van der Waals surface area contributed by atoms with Crippen molar-refractivity contribution < 1.29 is 13.2 Å². The van der Waals surface area contributed by atoms with Crippen LogP contribution in [0.1, 0.15) is 5.56 Å². The number of hydrogen-bond acceptors (Lipinski definition) is 4. The van der Waals surface area contributed by atoms with Gasteiger partial charge in [0.25, 0.3) is 0 Å². The molecule has 0 bridgehead atoms. The second kappa shape index (κ2) is 6.00. The van der Waals surface area contributed by atoms with Crippen LogP contribution in [0.4, 0.5) is 5.69 Å². The Labute approximate surface area is 109 Å². The molecule has 1 aromatic rings. The Morgan fingerprint density at radius 3 is 2.82 bits per heavy atom. The summed E-state index contributed by atoms with van der Waals surface area (Å²) in [7, 11) is -2.07. The van der Waals surface area contributed by atoms with Gasteiger partial charge in [-0.2, -0.15) is 5.26 Å². The molecule has 0 heterocycles. The monoisotopic (exact) mass is 318 g/mol. The predicted molar refractivity (Wildman–Crippen MR) is 68.1 cm³/mol. The molecule has 0 aliphatic carbocycles. The Kier molecular flexibility index (Phi) is 4.93. The molecule has 1 N–H and O–H groups in total. The van der Waals surface area contributed by atoms with Crippen molar-refractivity contribution in [2.75, 3.05) is 24.2 Å². The fourth-order valence-electron chi connectivity index (χ4n) is 1.11. The maximum atomic E-state index is 11.6. The smallest absolute Gasteiger partial charge is 0.235 e. The van der Waals surface area contributed by atoms with Gasteiger partial charge in [-0.15, -0.1) is 0 Å². The third-order valence-electron chi connectivity index (χ3n) is 1.92. The Morgan fingerprint density at radius 2 is 2.24 bits per heavy atom. The molecule has 0 saturated heterocycles. The topological polar surface area (TPSA) is 79.2 Å². The third-order valence-corrected chi connectivity index (χ3v) is 3.65. The van der Waals surface area contributed by atoms with Crippen molar-refractivity contribution in [1.82, 2.24) is 0 Å². The fourth-order valence-corrected chi connectivity index (χ4v) is 2.46. The molecule has 0 saturated carbocycles. The summed E-state index contributed by atoms with van der Waals surface area (Å²) in [5, 5.41) is 8.86. The molecule has 17 heavy (non-hydrogen) atoms. The van der Waals surface area contributed by atoms with Crippen molar-refractivity contribution in [3.8, 4) is 6.07 Å². The van der Waals surface area contributed by atoms with E-state index in [-0.39, 0.29) is 23.6 Å². The molecule has 0 atom stereocenters. The van der Waals surface area contributed by atoms with E-state index in [1.165, 1.54) is 13.2 Å². The first-order valence-corrected chi connectivity index (χ1v) is 7.12. The van der Waals surface area contributed by atoms with Gasteiger partial charge in [0.2, 0.25) is 10.0 Å². The summed E-state index contributed by atoms with van der Waals surface area (Å²) < 4.78 is 31.0. The van der Waals surface area contributed by atoms with Crippen LogP contribution in [0.25, 0.3) is 0 Å². The molecular weight excluding hydrogens is 308 g/mol. The fraction of sp³-hybridized carbons (Fsp3) is 0.300. The number of nitriles is 1. The van der Waals surface area contributed by atoms with E-state index < -0.39 is 10.0 Å². The molecule has 0 radical (unpaired) electrons. The van der Waals surface area contributed by atoms with Gasteiger partial charge in [-0.25, -0.2) is 8.42 Å². The molecule has 0 unspecified atom stereocenters. The molecule has 92 valence electrons. The summed E-state index contributed by atoms with van der Waals surface area (Å²) in [4.78, 5) is 0. The van der Waals surface area contributed by atoms with Gasteiger partial charge in [-0.3, -0.25) is 4.72 Å². The maximum absolute atomic E-state index is 11.6. The van der Waals surface area contributed by atoms with Crippen molar-refractivity contribution in [2.24, 2.45) is 0 Å². The van der Waals surface area contributed by atoms with Crippen LogP contribution in [0.5, 0.6) is 0 Å². The second-order valence-electron chi connectivity index (χ2n) is 3.22. The molecular formula is C10H11BrN2O3S. The van der Waals surface area contributed by atoms with Crippen LogP contribution in [-0.4, -0.2) is 27.9 Å². The molecule has 7 heteroatoms. The molecule has 0 spiro atoms. The highest BCUT2D eigenvalue weighted by molar-refractivity contribution is 9.10. The Balaban J connectivity index is 2.95. The minimum Gasteiger partial charge on any atom is -0.384 e. The zero-order valence-electron chi connectivity index (χ0n) is 9.10. The number of anilines is 1. The highest BCUT2D eigenvalue weighted by Gasteiger charge is 2.13.